The molecule has 1 rings (SSSR count). The van der Waals surface area contributed by atoms with Gasteiger partial charge in [-0.15, -0.1) is 0 Å². The molecule has 1 saturated heterocycles. The largest absolute Gasteiger partial charge is 0.365 e. The molecule has 1 aliphatic rings. The first-order chi connectivity index (χ1) is 8.63. The van der Waals surface area contributed by atoms with E-state index >= 15 is 0 Å². The standard InChI is InChI=1S/C13H24N2O3/c1-3-5-7-9-14-11(16)12(17)15(13(14)18)10-8-6-4-2/h11,16H,3-10H2,1-2H3. The molecule has 0 aliphatic carbocycles. The lowest BCUT2D eigenvalue weighted by atomic mass is 10.2. The molecule has 3 amide bonds. The van der Waals surface area contributed by atoms with Crippen LogP contribution in [0.25, 0.3) is 0 Å². The summed E-state index contributed by atoms with van der Waals surface area (Å²) in [6.07, 6.45) is 4.45. The first kappa shape index (κ1) is 15.0. The zero-order valence-corrected chi connectivity index (χ0v) is 11.4. The molecule has 0 radical (unpaired) electrons. The second kappa shape index (κ2) is 7.36. The summed E-state index contributed by atoms with van der Waals surface area (Å²) in [6, 6.07) is -0.334. The van der Waals surface area contributed by atoms with Gasteiger partial charge in [0.05, 0.1) is 0 Å². The highest BCUT2D eigenvalue weighted by molar-refractivity contribution is 6.03. The highest BCUT2D eigenvalue weighted by Gasteiger charge is 2.43. The van der Waals surface area contributed by atoms with Crippen LogP contribution in [0.4, 0.5) is 4.79 Å². The minimum Gasteiger partial charge on any atom is -0.365 e. The van der Waals surface area contributed by atoms with Gasteiger partial charge in [-0.3, -0.25) is 14.6 Å². The Morgan fingerprint density at radius 3 is 2.11 bits per heavy atom. The second-order valence-electron chi connectivity index (χ2n) is 4.75. The molecule has 1 N–H and O–H groups in total. The van der Waals surface area contributed by atoms with Gasteiger partial charge in [-0.05, 0) is 12.8 Å². The first-order valence-corrected chi connectivity index (χ1v) is 6.93. The van der Waals surface area contributed by atoms with Crippen LogP contribution in [0.2, 0.25) is 0 Å². The average molecular weight is 256 g/mol. The van der Waals surface area contributed by atoms with E-state index in [0.29, 0.717) is 13.1 Å². The summed E-state index contributed by atoms with van der Waals surface area (Å²) >= 11 is 0. The predicted molar refractivity (Wildman–Crippen MR) is 68.9 cm³/mol. The van der Waals surface area contributed by atoms with Crippen LogP contribution in [0.1, 0.15) is 52.4 Å². The van der Waals surface area contributed by atoms with Crippen LogP contribution in [0, 0.1) is 0 Å². The fourth-order valence-corrected chi connectivity index (χ4v) is 2.10. The molecule has 1 aliphatic heterocycles. The molecule has 1 heterocycles. The third-order valence-electron chi connectivity index (χ3n) is 3.25. The predicted octanol–water partition coefficient (Wildman–Crippen LogP) is 1.95. The van der Waals surface area contributed by atoms with E-state index in [1.807, 2.05) is 0 Å². The second-order valence-corrected chi connectivity index (χ2v) is 4.75. The Balaban J connectivity index is 2.51. The number of nitrogens with zero attached hydrogens (tertiary/aromatic N) is 2. The number of carbonyl (C=O) groups excluding carboxylic acids is 2. The molecule has 1 fully saturated rings. The van der Waals surface area contributed by atoms with Gasteiger partial charge < -0.3 is 5.11 Å². The maximum atomic E-state index is 12.0. The van der Waals surface area contributed by atoms with Crippen molar-refractivity contribution in [1.29, 1.82) is 0 Å². The minimum absolute atomic E-state index is 0.334. The van der Waals surface area contributed by atoms with Crippen LogP contribution in [0.15, 0.2) is 0 Å². The van der Waals surface area contributed by atoms with Crippen LogP contribution in [0.5, 0.6) is 0 Å². The number of aliphatic hydroxyl groups is 1. The topological polar surface area (TPSA) is 60.9 Å². The molecule has 1 atom stereocenters. The van der Waals surface area contributed by atoms with Crippen molar-refractivity contribution in [3.8, 4) is 0 Å². The maximum Gasteiger partial charge on any atom is 0.329 e. The molecular weight excluding hydrogens is 232 g/mol. The van der Waals surface area contributed by atoms with Gasteiger partial charge in [-0.25, -0.2) is 4.79 Å². The molecule has 0 aromatic carbocycles. The van der Waals surface area contributed by atoms with Crippen molar-refractivity contribution in [2.45, 2.75) is 58.6 Å². The third-order valence-corrected chi connectivity index (χ3v) is 3.25. The molecule has 0 spiro atoms. The first-order valence-electron chi connectivity index (χ1n) is 6.93. The fraction of sp³-hybridized carbons (Fsp3) is 0.846. The molecule has 0 saturated carbocycles. The molecule has 104 valence electrons. The Hall–Kier alpha value is -1.10. The normalized spacial score (nSPS) is 20.1. The monoisotopic (exact) mass is 256 g/mol. The van der Waals surface area contributed by atoms with Crippen LogP contribution in [-0.2, 0) is 4.79 Å². The number of aliphatic hydroxyl groups excluding tert-OH is 1. The van der Waals surface area contributed by atoms with Crippen LogP contribution < -0.4 is 0 Å². The van der Waals surface area contributed by atoms with E-state index in [1.165, 1.54) is 9.80 Å². The van der Waals surface area contributed by atoms with Crippen molar-refractivity contribution in [3.05, 3.63) is 0 Å². The van der Waals surface area contributed by atoms with Gasteiger partial charge in [0.15, 0.2) is 0 Å². The Kier molecular flexibility index (Phi) is 6.12. The van der Waals surface area contributed by atoms with Gasteiger partial charge in [0.25, 0.3) is 5.91 Å². The zero-order valence-electron chi connectivity index (χ0n) is 11.4. The van der Waals surface area contributed by atoms with Crippen LogP contribution >= 0.6 is 0 Å². The van der Waals surface area contributed by atoms with Gasteiger partial charge in [0.2, 0.25) is 6.23 Å². The highest BCUT2D eigenvalue weighted by Crippen LogP contribution is 2.17. The number of hydrogen-bond donors (Lipinski definition) is 1. The molecule has 1 unspecified atom stereocenters. The summed E-state index contributed by atoms with van der Waals surface area (Å²) in [6.45, 7) is 5.03. The Bertz CT molecular complexity index is 294. The number of rotatable bonds is 8. The molecule has 0 aromatic rings. The molecule has 0 aromatic heterocycles. The van der Waals surface area contributed by atoms with Crippen molar-refractivity contribution in [3.63, 3.8) is 0 Å². The van der Waals surface area contributed by atoms with Crippen molar-refractivity contribution >= 4 is 11.9 Å². The summed E-state index contributed by atoms with van der Waals surface area (Å²) in [5.74, 6) is -0.465. The van der Waals surface area contributed by atoms with Crippen LogP contribution in [0.3, 0.4) is 0 Å². The number of amides is 3. The van der Waals surface area contributed by atoms with Crippen molar-refractivity contribution in [2.24, 2.45) is 0 Å². The summed E-state index contributed by atoms with van der Waals surface area (Å²) < 4.78 is 0. The quantitative estimate of drug-likeness (QED) is 0.533. The molecule has 18 heavy (non-hydrogen) atoms. The lowest BCUT2D eigenvalue weighted by Gasteiger charge is -2.18. The number of unbranched alkanes of at least 4 members (excludes halogenated alkanes) is 4. The fourth-order valence-electron chi connectivity index (χ4n) is 2.10. The highest BCUT2D eigenvalue weighted by atomic mass is 16.3. The summed E-state index contributed by atoms with van der Waals surface area (Å²) in [5, 5.41) is 9.77. The molecular formula is C13H24N2O3. The van der Waals surface area contributed by atoms with E-state index in [9.17, 15) is 14.7 Å². The number of carbonyl (C=O) groups is 2. The number of hydrogen-bond acceptors (Lipinski definition) is 3. The van der Waals surface area contributed by atoms with E-state index in [1.54, 1.807) is 0 Å². The summed E-state index contributed by atoms with van der Waals surface area (Å²) in [5.41, 5.74) is 0. The van der Waals surface area contributed by atoms with E-state index in [-0.39, 0.29) is 6.03 Å². The maximum absolute atomic E-state index is 12.0. The van der Waals surface area contributed by atoms with E-state index < -0.39 is 12.1 Å². The smallest absolute Gasteiger partial charge is 0.329 e. The van der Waals surface area contributed by atoms with Crippen molar-refractivity contribution < 1.29 is 14.7 Å². The zero-order chi connectivity index (χ0) is 13.5. The van der Waals surface area contributed by atoms with Crippen molar-refractivity contribution in [1.82, 2.24) is 9.80 Å². The van der Waals surface area contributed by atoms with Gasteiger partial charge in [0.1, 0.15) is 0 Å². The van der Waals surface area contributed by atoms with Gasteiger partial charge >= 0.3 is 6.03 Å². The average Bonchev–Trinajstić information content (AvgIpc) is 2.56. The van der Waals surface area contributed by atoms with Crippen LogP contribution in [-0.4, -0.2) is 46.2 Å². The van der Waals surface area contributed by atoms with E-state index in [0.717, 1.165) is 38.5 Å². The summed E-state index contributed by atoms with van der Waals surface area (Å²) in [4.78, 5) is 26.2. The number of urea groups is 1. The Morgan fingerprint density at radius 1 is 1.00 bits per heavy atom. The molecule has 5 heteroatoms. The molecule has 5 nitrogen and oxygen atoms in total. The SMILES string of the molecule is CCCCCN1C(=O)C(O)N(CCCCC)C1=O. The lowest BCUT2D eigenvalue weighted by Crippen LogP contribution is -2.36. The van der Waals surface area contributed by atoms with E-state index in [4.69, 9.17) is 0 Å². The van der Waals surface area contributed by atoms with Gasteiger partial charge in [-0.2, -0.15) is 0 Å². The van der Waals surface area contributed by atoms with Crippen molar-refractivity contribution in [2.75, 3.05) is 13.1 Å². The lowest BCUT2D eigenvalue weighted by molar-refractivity contribution is -0.137. The van der Waals surface area contributed by atoms with Gasteiger partial charge in [0, 0.05) is 13.1 Å². The third kappa shape index (κ3) is 3.45. The Morgan fingerprint density at radius 2 is 1.56 bits per heavy atom. The Labute approximate surface area is 109 Å². The van der Waals surface area contributed by atoms with E-state index in [2.05, 4.69) is 13.8 Å². The minimum atomic E-state index is -1.27. The van der Waals surface area contributed by atoms with Gasteiger partial charge in [-0.1, -0.05) is 39.5 Å². The summed E-state index contributed by atoms with van der Waals surface area (Å²) in [7, 11) is 0. The molecule has 0 bridgehead atoms. The number of imide groups is 1.